The maximum atomic E-state index is 5.74. The molecule has 4 rings (SSSR count). The molecule has 0 aromatic heterocycles. The molecule has 0 aliphatic carbocycles. The van der Waals surface area contributed by atoms with Crippen LogP contribution in [0.1, 0.15) is 23.4 Å². The van der Waals surface area contributed by atoms with Gasteiger partial charge in [-0.25, -0.2) is 0 Å². The molecular formula is C20H21NO4S. The molecule has 2 heterocycles. The third-order valence-electron chi connectivity index (χ3n) is 4.37. The molecule has 0 N–H and O–H groups in total. The topological polar surface area (TPSA) is 40.2 Å². The fourth-order valence-electron chi connectivity index (χ4n) is 3.17. The average molecular weight is 371 g/mol. The van der Waals surface area contributed by atoms with Crippen molar-refractivity contribution in [3.05, 3.63) is 59.1 Å². The summed E-state index contributed by atoms with van der Waals surface area (Å²) >= 11 is 1.73. The molecule has 0 fully saturated rings. The molecule has 2 aliphatic rings. The first-order chi connectivity index (χ1) is 12.8. The lowest BCUT2D eigenvalue weighted by Crippen LogP contribution is -2.18. The number of hydrogen-bond acceptors (Lipinski definition) is 6. The Morgan fingerprint density at radius 1 is 1.15 bits per heavy atom. The Morgan fingerprint density at radius 3 is 2.77 bits per heavy atom. The number of methoxy groups -OCH3 is 1. The summed E-state index contributed by atoms with van der Waals surface area (Å²) in [5, 5.41) is 2.18. The molecule has 2 aromatic rings. The van der Waals surface area contributed by atoms with Gasteiger partial charge in [0.2, 0.25) is 6.79 Å². The van der Waals surface area contributed by atoms with Crippen LogP contribution in [-0.2, 0) is 6.54 Å². The molecule has 0 bridgehead atoms. The first-order valence-corrected chi connectivity index (χ1v) is 9.50. The Balaban J connectivity index is 1.59. The van der Waals surface area contributed by atoms with Gasteiger partial charge in [0.05, 0.1) is 19.3 Å². The van der Waals surface area contributed by atoms with Gasteiger partial charge in [-0.15, -0.1) is 11.8 Å². The third-order valence-corrected chi connectivity index (χ3v) is 5.41. The fraction of sp³-hybridized carbons (Fsp3) is 0.300. The maximum Gasteiger partial charge on any atom is 0.231 e. The van der Waals surface area contributed by atoms with Crippen LogP contribution in [0.2, 0.25) is 0 Å². The van der Waals surface area contributed by atoms with Crippen molar-refractivity contribution >= 4 is 11.8 Å². The van der Waals surface area contributed by atoms with Crippen molar-refractivity contribution in [2.45, 2.75) is 18.8 Å². The minimum absolute atomic E-state index is 0.0770. The van der Waals surface area contributed by atoms with Gasteiger partial charge < -0.3 is 23.8 Å². The number of ether oxygens (including phenoxy) is 4. The highest BCUT2D eigenvalue weighted by Crippen LogP contribution is 2.51. The zero-order valence-corrected chi connectivity index (χ0v) is 15.6. The van der Waals surface area contributed by atoms with E-state index in [-0.39, 0.29) is 12.2 Å². The van der Waals surface area contributed by atoms with Crippen LogP contribution < -0.4 is 18.9 Å². The molecule has 2 aromatic carbocycles. The Labute approximate surface area is 157 Å². The fourth-order valence-corrected chi connectivity index (χ4v) is 4.21. The number of benzene rings is 2. The van der Waals surface area contributed by atoms with Crippen molar-refractivity contribution in [3.8, 4) is 23.0 Å². The summed E-state index contributed by atoms with van der Waals surface area (Å²) in [5.41, 5.74) is 2.23. The molecule has 0 saturated carbocycles. The summed E-state index contributed by atoms with van der Waals surface area (Å²) in [7, 11) is 1.69. The molecular weight excluding hydrogens is 350 g/mol. The Morgan fingerprint density at radius 2 is 2.00 bits per heavy atom. The van der Waals surface area contributed by atoms with Crippen molar-refractivity contribution in [2.75, 3.05) is 20.5 Å². The van der Waals surface area contributed by atoms with E-state index < -0.39 is 0 Å². The minimum Gasteiger partial charge on any atom is -0.496 e. The third kappa shape index (κ3) is 3.17. The minimum atomic E-state index is 0.0770. The summed E-state index contributed by atoms with van der Waals surface area (Å²) in [6.45, 7) is 3.70. The largest absolute Gasteiger partial charge is 0.496 e. The maximum absolute atomic E-state index is 5.74. The number of fused-ring (bicyclic) bond motifs is 1. The second-order valence-electron chi connectivity index (χ2n) is 5.94. The van der Waals surface area contributed by atoms with E-state index in [1.54, 1.807) is 18.9 Å². The van der Waals surface area contributed by atoms with Crippen LogP contribution in [0.4, 0.5) is 0 Å². The van der Waals surface area contributed by atoms with E-state index in [1.165, 1.54) is 5.56 Å². The van der Waals surface area contributed by atoms with Crippen molar-refractivity contribution in [3.63, 3.8) is 0 Å². The van der Waals surface area contributed by atoms with E-state index in [0.29, 0.717) is 6.61 Å². The molecule has 6 heteroatoms. The van der Waals surface area contributed by atoms with Crippen molar-refractivity contribution in [1.82, 2.24) is 4.90 Å². The lowest BCUT2D eigenvalue weighted by Gasteiger charge is -2.27. The first kappa shape index (κ1) is 17.0. The molecule has 136 valence electrons. The number of rotatable bonds is 6. The van der Waals surface area contributed by atoms with Gasteiger partial charge in [0, 0.05) is 12.7 Å². The summed E-state index contributed by atoms with van der Waals surface area (Å²) in [4.78, 5) is 2.28. The number of thioether (sulfide) groups is 1. The van der Waals surface area contributed by atoms with Gasteiger partial charge in [0.15, 0.2) is 11.5 Å². The highest BCUT2D eigenvalue weighted by atomic mass is 32.2. The van der Waals surface area contributed by atoms with Crippen LogP contribution >= 0.6 is 11.8 Å². The Hall–Kier alpha value is -2.47. The van der Waals surface area contributed by atoms with E-state index in [9.17, 15) is 0 Å². The normalized spacial score (nSPS) is 17.6. The molecule has 26 heavy (non-hydrogen) atoms. The zero-order chi connectivity index (χ0) is 17.9. The molecule has 1 unspecified atom stereocenters. The molecule has 1 atom stereocenters. The highest BCUT2D eigenvalue weighted by molar-refractivity contribution is 8.02. The quantitative estimate of drug-likeness (QED) is 0.742. The Kier molecular flexibility index (Phi) is 4.84. The zero-order valence-electron chi connectivity index (χ0n) is 14.8. The summed E-state index contributed by atoms with van der Waals surface area (Å²) in [5.74, 6) is 3.26. The van der Waals surface area contributed by atoms with Gasteiger partial charge >= 0.3 is 0 Å². The Bertz CT molecular complexity index is 806. The van der Waals surface area contributed by atoms with Gasteiger partial charge in [-0.1, -0.05) is 12.1 Å². The van der Waals surface area contributed by atoms with Crippen LogP contribution in [-0.4, -0.2) is 25.4 Å². The standard InChI is InChI=1S/C20H21NO4S/c1-3-23-15-6-4-14(5-7-15)12-21-10-11-26-20(21)18-16(22-2)8-9-17-19(18)25-13-24-17/h4-11,20H,3,12-13H2,1-2H3. The van der Waals surface area contributed by atoms with Crippen LogP contribution in [0.15, 0.2) is 48.0 Å². The molecule has 0 radical (unpaired) electrons. The van der Waals surface area contributed by atoms with Crippen molar-refractivity contribution in [1.29, 1.82) is 0 Å². The molecule has 2 aliphatic heterocycles. The smallest absolute Gasteiger partial charge is 0.231 e. The van der Waals surface area contributed by atoms with Crippen LogP contribution in [0.3, 0.4) is 0 Å². The molecule has 0 spiro atoms. The van der Waals surface area contributed by atoms with Gasteiger partial charge in [-0.05, 0) is 42.2 Å². The number of hydrogen-bond donors (Lipinski definition) is 0. The van der Waals surface area contributed by atoms with Gasteiger partial charge in [0.1, 0.15) is 16.9 Å². The van der Waals surface area contributed by atoms with Crippen molar-refractivity contribution < 1.29 is 18.9 Å². The lowest BCUT2D eigenvalue weighted by atomic mass is 10.1. The van der Waals surface area contributed by atoms with Gasteiger partial charge in [-0.2, -0.15) is 0 Å². The van der Waals surface area contributed by atoms with E-state index >= 15 is 0 Å². The van der Waals surface area contributed by atoms with Gasteiger partial charge in [-0.3, -0.25) is 0 Å². The predicted molar refractivity (Wildman–Crippen MR) is 102 cm³/mol. The average Bonchev–Trinajstić information content (AvgIpc) is 3.32. The molecule has 5 nitrogen and oxygen atoms in total. The summed E-state index contributed by atoms with van der Waals surface area (Å²) in [6, 6.07) is 12.1. The monoisotopic (exact) mass is 371 g/mol. The number of nitrogens with zero attached hydrogens (tertiary/aromatic N) is 1. The van der Waals surface area contributed by atoms with E-state index in [4.69, 9.17) is 18.9 Å². The second kappa shape index (κ2) is 7.41. The SMILES string of the molecule is CCOc1ccc(CN2C=CSC2c2c(OC)ccc3c2OCO3)cc1. The van der Waals surface area contributed by atoms with Crippen molar-refractivity contribution in [2.24, 2.45) is 0 Å². The van der Waals surface area contributed by atoms with E-state index in [1.807, 2.05) is 31.2 Å². The lowest BCUT2D eigenvalue weighted by molar-refractivity contribution is 0.172. The molecule has 0 amide bonds. The van der Waals surface area contributed by atoms with Crippen LogP contribution in [0.5, 0.6) is 23.0 Å². The molecule has 0 saturated heterocycles. The first-order valence-electron chi connectivity index (χ1n) is 8.56. The van der Waals surface area contributed by atoms with Crippen LogP contribution in [0, 0.1) is 0 Å². The summed E-state index contributed by atoms with van der Waals surface area (Å²) < 4.78 is 22.4. The highest BCUT2D eigenvalue weighted by Gasteiger charge is 2.32. The van der Waals surface area contributed by atoms with E-state index in [0.717, 1.165) is 35.1 Å². The van der Waals surface area contributed by atoms with Crippen LogP contribution in [0.25, 0.3) is 0 Å². The second-order valence-corrected chi connectivity index (χ2v) is 6.93. The van der Waals surface area contributed by atoms with E-state index in [2.05, 4.69) is 28.6 Å². The van der Waals surface area contributed by atoms with Gasteiger partial charge in [0.25, 0.3) is 0 Å². The predicted octanol–water partition coefficient (Wildman–Crippen LogP) is 4.54. The summed E-state index contributed by atoms with van der Waals surface area (Å²) in [6.07, 6.45) is 2.11.